The largest absolute Gasteiger partial charge is 1.00 e. The van der Waals surface area contributed by atoms with Crippen LogP contribution in [0.2, 0.25) is 0 Å². The molecular weight excluding hydrogens is 447 g/mol. The Morgan fingerprint density at radius 2 is 2.13 bits per heavy atom. The van der Waals surface area contributed by atoms with Crippen LogP contribution in [0.3, 0.4) is 0 Å². The van der Waals surface area contributed by atoms with Gasteiger partial charge in [-0.25, -0.2) is 9.97 Å². The Labute approximate surface area is 208 Å². The zero-order chi connectivity index (χ0) is 21.2. The maximum Gasteiger partial charge on any atom is 1.00 e. The summed E-state index contributed by atoms with van der Waals surface area (Å²) in [5, 5.41) is 23.5. The summed E-state index contributed by atoms with van der Waals surface area (Å²) in [7, 11) is 0. The van der Waals surface area contributed by atoms with Gasteiger partial charge in [-0.1, -0.05) is 13.0 Å². The minimum absolute atomic E-state index is 0. The molecule has 2 aliphatic heterocycles. The second-order valence-electron chi connectivity index (χ2n) is 7.43. The predicted molar refractivity (Wildman–Crippen MR) is 108 cm³/mol. The van der Waals surface area contributed by atoms with Crippen LogP contribution < -0.4 is 34.7 Å². The second kappa shape index (κ2) is 8.34. The molecule has 0 unspecified atom stereocenters. The van der Waals surface area contributed by atoms with Crippen molar-refractivity contribution in [2.24, 2.45) is 11.8 Å². The Morgan fingerprint density at radius 3 is 2.77 bits per heavy atom. The molecule has 1 N–H and O–H groups in total. The molecule has 154 valence electrons. The number of nitrogens with zero attached hydrogens (tertiary/aromatic N) is 4. The number of aromatic nitrogens is 3. The van der Waals surface area contributed by atoms with E-state index in [2.05, 4.69) is 9.97 Å². The molecule has 5 heterocycles. The Kier molecular flexibility index (Phi) is 6.06. The van der Waals surface area contributed by atoms with Gasteiger partial charge in [0.15, 0.2) is 0 Å². The molecule has 1 amide bonds. The number of carboxylic acid groups (broad SMARTS) is 1. The van der Waals surface area contributed by atoms with Crippen LogP contribution in [0.15, 0.2) is 52.7 Å². The molecule has 8 nitrogen and oxygen atoms in total. The van der Waals surface area contributed by atoms with E-state index in [4.69, 9.17) is 0 Å². The number of carbonyl (C=O) groups excluding carboxylic acids is 2. The van der Waals surface area contributed by atoms with E-state index in [-0.39, 0.29) is 53.1 Å². The average Bonchev–Trinajstić information content (AvgIpc) is 3.33. The quantitative estimate of drug-likeness (QED) is 0.353. The molecule has 5 rings (SSSR count). The SMILES string of the molecule is C[C@@H](O)[C@H]1C(=O)N2C(C(=O)[O-])=C(c3cn4cnc(Sc5ccccn5)c4s3)[C@H](C)[C@H]12.[Na+]. The molecule has 0 aliphatic carbocycles. The van der Waals surface area contributed by atoms with Crippen molar-refractivity contribution >= 4 is 45.4 Å². The first-order valence-electron chi connectivity index (χ1n) is 9.41. The van der Waals surface area contributed by atoms with Crippen LogP contribution in [0.5, 0.6) is 0 Å². The first-order chi connectivity index (χ1) is 14.4. The van der Waals surface area contributed by atoms with E-state index < -0.39 is 18.0 Å². The van der Waals surface area contributed by atoms with Gasteiger partial charge < -0.3 is 19.9 Å². The number of pyridine rings is 1. The van der Waals surface area contributed by atoms with Crippen molar-refractivity contribution in [3.8, 4) is 0 Å². The molecule has 0 spiro atoms. The first-order valence-corrected chi connectivity index (χ1v) is 11.0. The van der Waals surface area contributed by atoms with E-state index in [9.17, 15) is 19.8 Å². The third-order valence-corrected chi connectivity index (χ3v) is 7.86. The fourth-order valence-corrected chi connectivity index (χ4v) is 6.48. The number of aliphatic hydroxyl groups is 1. The van der Waals surface area contributed by atoms with Crippen LogP contribution in [0.4, 0.5) is 0 Å². The normalized spacial score (nSPS) is 23.5. The monoisotopic (exact) mass is 464 g/mol. The number of hydrogen-bond donors (Lipinski definition) is 1. The molecule has 0 bridgehead atoms. The number of carbonyl (C=O) groups is 2. The molecule has 0 saturated carbocycles. The maximum atomic E-state index is 12.5. The minimum atomic E-state index is -1.38. The van der Waals surface area contributed by atoms with Crippen molar-refractivity contribution in [2.45, 2.75) is 36.0 Å². The van der Waals surface area contributed by atoms with E-state index in [0.29, 0.717) is 5.57 Å². The van der Waals surface area contributed by atoms with Gasteiger partial charge in [0.1, 0.15) is 21.2 Å². The Hall–Kier alpha value is -1.69. The third kappa shape index (κ3) is 3.46. The number of aliphatic hydroxyl groups excluding tert-OH is 1. The predicted octanol–water partition coefficient (Wildman–Crippen LogP) is -1.74. The van der Waals surface area contributed by atoms with Crippen molar-refractivity contribution in [1.82, 2.24) is 19.3 Å². The van der Waals surface area contributed by atoms with Gasteiger partial charge in [-0.15, -0.1) is 11.3 Å². The van der Waals surface area contributed by atoms with Crippen LogP contribution in [0, 0.1) is 11.8 Å². The van der Waals surface area contributed by atoms with Crippen LogP contribution in [0.25, 0.3) is 10.4 Å². The van der Waals surface area contributed by atoms with E-state index >= 15 is 0 Å². The van der Waals surface area contributed by atoms with Crippen LogP contribution >= 0.6 is 23.1 Å². The molecule has 1 fully saturated rings. The zero-order valence-electron chi connectivity index (χ0n) is 17.1. The fraction of sp³-hybridized carbons (Fsp3) is 0.300. The second-order valence-corrected chi connectivity index (χ2v) is 9.47. The average molecular weight is 465 g/mol. The van der Waals surface area contributed by atoms with Gasteiger partial charge in [0.25, 0.3) is 0 Å². The summed E-state index contributed by atoms with van der Waals surface area (Å²) in [6.45, 7) is 3.45. The number of β-lactam (4-membered cyclic amide) rings is 1. The minimum Gasteiger partial charge on any atom is -0.543 e. The first kappa shape index (κ1) is 22.5. The standard InChI is InChI=1S/C20H18N4O4S2.Na/c1-9-13(16(20(27)28)24-15(9)14(10(2)25)18(24)26)11-7-23-8-22-17(19(23)29-11)30-12-5-3-4-6-21-12;/h3-10,14-15,25H,1-2H3,(H,27,28);/q;+1/p-1/t9-,10+,14+,15+;/m0./s1. The molecule has 31 heavy (non-hydrogen) atoms. The molecule has 11 heteroatoms. The zero-order valence-corrected chi connectivity index (χ0v) is 20.7. The van der Waals surface area contributed by atoms with Crippen LogP contribution in [-0.2, 0) is 9.59 Å². The molecule has 4 atom stereocenters. The van der Waals surface area contributed by atoms with Crippen molar-refractivity contribution in [1.29, 1.82) is 0 Å². The third-order valence-electron chi connectivity index (χ3n) is 5.65. The molecule has 0 radical (unpaired) electrons. The van der Waals surface area contributed by atoms with E-state index in [0.717, 1.165) is 19.8 Å². The maximum absolute atomic E-state index is 12.5. The van der Waals surface area contributed by atoms with Crippen molar-refractivity contribution in [2.75, 3.05) is 0 Å². The molecule has 3 aromatic rings. The van der Waals surface area contributed by atoms with Crippen LogP contribution in [0.1, 0.15) is 18.7 Å². The summed E-state index contributed by atoms with van der Waals surface area (Å²) in [6.07, 6.45) is 4.39. The van der Waals surface area contributed by atoms with E-state index in [1.165, 1.54) is 28.0 Å². The van der Waals surface area contributed by atoms with Crippen molar-refractivity contribution in [3.63, 3.8) is 0 Å². The number of carboxylic acids is 1. The van der Waals surface area contributed by atoms with Crippen molar-refractivity contribution < 1.29 is 49.4 Å². The Balaban J connectivity index is 0.00000231. The summed E-state index contributed by atoms with van der Waals surface area (Å²) in [5.74, 6) is -2.59. The molecule has 1 saturated heterocycles. The summed E-state index contributed by atoms with van der Waals surface area (Å²) >= 11 is 2.85. The molecular formula is C20H17N4NaO4S2. The number of fused-ring (bicyclic) bond motifs is 2. The number of imidazole rings is 1. The summed E-state index contributed by atoms with van der Waals surface area (Å²) in [5.41, 5.74) is 0.477. The Bertz CT molecular complexity index is 1210. The topological polar surface area (TPSA) is 111 Å². The number of aliphatic carboxylic acids is 1. The number of hydrogen-bond acceptors (Lipinski definition) is 8. The summed E-state index contributed by atoms with van der Waals surface area (Å²) in [6, 6.07) is 5.27. The molecule has 2 aliphatic rings. The fourth-order valence-electron chi connectivity index (χ4n) is 4.36. The van der Waals surface area contributed by atoms with Gasteiger partial charge in [-0.2, -0.15) is 0 Å². The van der Waals surface area contributed by atoms with Gasteiger partial charge in [0.05, 0.1) is 34.6 Å². The molecule has 3 aromatic heterocycles. The van der Waals surface area contributed by atoms with Crippen LogP contribution in [-0.4, -0.2) is 48.4 Å². The van der Waals surface area contributed by atoms with E-state index in [1.54, 1.807) is 19.4 Å². The van der Waals surface area contributed by atoms with Gasteiger partial charge >= 0.3 is 29.6 Å². The summed E-state index contributed by atoms with van der Waals surface area (Å²) < 4.78 is 1.85. The Morgan fingerprint density at radius 1 is 1.35 bits per heavy atom. The number of rotatable bonds is 5. The number of amides is 1. The number of thiazole rings is 1. The van der Waals surface area contributed by atoms with Gasteiger partial charge in [0, 0.05) is 23.9 Å². The van der Waals surface area contributed by atoms with E-state index in [1.807, 2.05) is 35.7 Å². The smallest absolute Gasteiger partial charge is 0.543 e. The summed E-state index contributed by atoms with van der Waals surface area (Å²) in [4.78, 5) is 36.1. The van der Waals surface area contributed by atoms with Gasteiger partial charge in [-0.3, -0.25) is 9.20 Å². The van der Waals surface area contributed by atoms with Gasteiger partial charge in [0.2, 0.25) is 5.91 Å². The molecule has 0 aromatic carbocycles. The van der Waals surface area contributed by atoms with Crippen molar-refractivity contribution in [3.05, 3.63) is 47.5 Å². The van der Waals surface area contributed by atoms with Gasteiger partial charge in [-0.05, 0) is 30.8 Å².